The average Bonchev–Trinajstić information content (AvgIpc) is 3.37. The van der Waals surface area contributed by atoms with E-state index in [0.717, 1.165) is 30.8 Å². The molecular formula is C19H17ClFN5O2. The summed E-state index contributed by atoms with van der Waals surface area (Å²) >= 11 is 6.04. The molecule has 0 amide bonds. The molecule has 0 aliphatic heterocycles. The van der Waals surface area contributed by atoms with Gasteiger partial charge in [0, 0.05) is 29.4 Å². The lowest BCUT2D eigenvalue weighted by atomic mass is 9.84. The first kappa shape index (κ1) is 17.4. The zero-order valence-electron chi connectivity index (χ0n) is 14.7. The van der Waals surface area contributed by atoms with Crippen LogP contribution in [0.25, 0.3) is 22.4 Å². The number of H-pyrrole nitrogens is 1. The van der Waals surface area contributed by atoms with Crippen LogP contribution in [-0.4, -0.2) is 37.1 Å². The number of anilines is 1. The number of carbonyl (C=O) groups is 1. The largest absolute Gasteiger partial charge is 0.481 e. The minimum absolute atomic E-state index is 0.0261. The molecule has 5 rings (SSSR count). The van der Waals surface area contributed by atoms with Crippen molar-refractivity contribution in [2.45, 2.75) is 25.3 Å². The summed E-state index contributed by atoms with van der Waals surface area (Å²) in [4.78, 5) is 27.4. The first-order valence-electron chi connectivity index (χ1n) is 9.16. The number of aromatic amines is 1. The molecule has 0 saturated heterocycles. The van der Waals surface area contributed by atoms with Gasteiger partial charge in [-0.3, -0.25) is 4.79 Å². The number of nitrogens with zero attached hydrogens (tertiary/aromatic N) is 3. The Labute approximate surface area is 164 Å². The Morgan fingerprint density at radius 2 is 2.11 bits per heavy atom. The maximum absolute atomic E-state index is 14.4. The summed E-state index contributed by atoms with van der Waals surface area (Å²) in [5.74, 6) is -1.25. The van der Waals surface area contributed by atoms with E-state index >= 15 is 0 Å². The molecule has 3 N–H and O–H groups in total. The van der Waals surface area contributed by atoms with Gasteiger partial charge in [0.1, 0.15) is 5.65 Å². The predicted octanol–water partition coefficient (Wildman–Crippen LogP) is 3.72. The third kappa shape index (κ3) is 2.71. The van der Waals surface area contributed by atoms with Crippen LogP contribution in [0.1, 0.15) is 19.3 Å². The van der Waals surface area contributed by atoms with Gasteiger partial charge < -0.3 is 15.4 Å². The monoisotopic (exact) mass is 401 g/mol. The average molecular weight is 402 g/mol. The van der Waals surface area contributed by atoms with E-state index in [-0.39, 0.29) is 23.7 Å². The van der Waals surface area contributed by atoms with Crippen molar-refractivity contribution in [2.24, 2.45) is 17.8 Å². The number of carboxylic acids is 1. The molecular weight excluding hydrogens is 385 g/mol. The fourth-order valence-corrected chi connectivity index (χ4v) is 4.93. The first-order valence-corrected chi connectivity index (χ1v) is 9.54. The quantitative estimate of drug-likeness (QED) is 0.615. The van der Waals surface area contributed by atoms with Crippen molar-refractivity contribution >= 4 is 34.4 Å². The minimum Gasteiger partial charge on any atom is -0.481 e. The van der Waals surface area contributed by atoms with Crippen LogP contribution in [0.3, 0.4) is 0 Å². The molecule has 3 aromatic rings. The number of nitrogens with one attached hydrogen (secondary N) is 2. The number of aromatic nitrogens is 4. The Hall–Kier alpha value is -2.74. The molecule has 2 fully saturated rings. The number of halogens is 2. The van der Waals surface area contributed by atoms with Gasteiger partial charge in [0.05, 0.1) is 17.1 Å². The molecule has 4 atom stereocenters. The summed E-state index contributed by atoms with van der Waals surface area (Å²) in [5.41, 5.74) is 1.27. The van der Waals surface area contributed by atoms with E-state index in [1.165, 1.54) is 6.20 Å². The molecule has 0 radical (unpaired) electrons. The van der Waals surface area contributed by atoms with Crippen LogP contribution in [-0.2, 0) is 4.79 Å². The molecule has 3 heterocycles. The summed E-state index contributed by atoms with van der Waals surface area (Å²) in [6, 6.07) is 1.42. The molecule has 144 valence electrons. The molecule has 2 aliphatic carbocycles. The molecule has 9 heteroatoms. The van der Waals surface area contributed by atoms with Gasteiger partial charge in [0.15, 0.2) is 17.5 Å². The third-order valence-corrected chi connectivity index (χ3v) is 6.19. The van der Waals surface area contributed by atoms with Gasteiger partial charge in [0.2, 0.25) is 0 Å². The number of hydrogen-bond donors (Lipinski definition) is 3. The predicted molar refractivity (Wildman–Crippen MR) is 101 cm³/mol. The standard InChI is InChI=1S/C19H17ClFN5O2/c20-10-4-11-12(6-23-16(11)22-5-10)17-24-7-13(21)18(26-17)25-15-9-2-1-8(3-9)14(15)19(27)28/h4-9,14-15H,1-3H2,(H,22,23)(H,27,28)(H,24,25,26)/t8-,9+,14?,15?/m0/s1. The number of hydrogen-bond acceptors (Lipinski definition) is 5. The van der Waals surface area contributed by atoms with Gasteiger partial charge in [0.25, 0.3) is 0 Å². The van der Waals surface area contributed by atoms with Gasteiger partial charge in [-0.1, -0.05) is 11.6 Å². The zero-order valence-corrected chi connectivity index (χ0v) is 15.4. The van der Waals surface area contributed by atoms with Crippen molar-refractivity contribution in [1.29, 1.82) is 0 Å². The molecule has 28 heavy (non-hydrogen) atoms. The minimum atomic E-state index is -0.836. The topological polar surface area (TPSA) is 104 Å². The van der Waals surface area contributed by atoms with Crippen LogP contribution in [0.2, 0.25) is 5.02 Å². The number of fused-ring (bicyclic) bond motifs is 3. The highest BCUT2D eigenvalue weighted by molar-refractivity contribution is 6.31. The molecule has 2 aliphatic rings. The van der Waals surface area contributed by atoms with Crippen molar-refractivity contribution in [1.82, 2.24) is 19.9 Å². The number of carboxylic acid groups (broad SMARTS) is 1. The van der Waals surface area contributed by atoms with E-state index in [9.17, 15) is 14.3 Å². The molecule has 2 saturated carbocycles. The summed E-state index contributed by atoms with van der Waals surface area (Å²) in [5, 5.41) is 13.9. The second kappa shape index (κ2) is 6.41. The van der Waals surface area contributed by atoms with Gasteiger partial charge in [-0.2, -0.15) is 0 Å². The van der Waals surface area contributed by atoms with E-state index in [0.29, 0.717) is 22.1 Å². The Kier molecular flexibility index (Phi) is 3.97. The maximum atomic E-state index is 14.4. The van der Waals surface area contributed by atoms with E-state index < -0.39 is 17.7 Å². The van der Waals surface area contributed by atoms with Crippen molar-refractivity contribution in [3.8, 4) is 11.4 Å². The van der Waals surface area contributed by atoms with Crippen LogP contribution >= 0.6 is 11.6 Å². The van der Waals surface area contributed by atoms with Crippen molar-refractivity contribution in [3.05, 3.63) is 35.5 Å². The molecule has 2 bridgehead atoms. The molecule has 2 unspecified atom stereocenters. The zero-order chi connectivity index (χ0) is 19.4. The Bertz CT molecular complexity index is 1090. The van der Waals surface area contributed by atoms with Crippen LogP contribution < -0.4 is 5.32 Å². The van der Waals surface area contributed by atoms with Crippen LogP contribution in [0.15, 0.2) is 24.7 Å². The maximum Gasteiger partial charge on any atom is 0.308 e. The molecule has 0 spiro atoms. The smallest absolute Gasteiger partial charge is 0.308 e. The molecule has 7 nitrogen and oxygen atoms in total. The van der Waals surface area contributed by atoms with Gasteiger partial charge in [-0.05, 0) is 37.2 Å². The lowest BCUT2D eigenvalue weighted by Gasteiger charge is -2.29. The van der Waals surface area contributed by atoms with Crippen molar-refractivity contribution in [3.63, 3.8) is 0 Å². The molecule has 3 aromatic heterocycles. The second-order valence-electron chi connectivity index (χ2n) is 7.51. The Morgan fingerprint density at radius 3 is 2.93 bits per heavy atom. The van der Waals surface area contributed by atoms with Gasteiger partial charge in [-0.15, -0.1) is 0 Å². The Balaban J connectivity index is 1.51. The lowest BCUT2D eigenvalue weighted by molar-refractivity contribution is -0.143. The third-order valence-electron chi connectivity index (χ3n) is 5.99. The highest BCUT2D eigenvalue weighted by Gasteiger charge is 2.51. The summed E-state index contributed by atoms with van der Waals surface area (Å²) in [7, 11) is 0. The van der Waals surface area contributed by atoms with Crippen molar-refractivity contribution in [2.75, 3.05) is 5.32 Å². The summed E-state index contributed by atoms with van der Waals surface area (Å²) in [6.07, 6.45) is 7.07. The normalized spacial score (nSPS) is 26.1. The summed E-state index contributed by atoms with van der Waals surface area (Å²) in [6.45, 7) is 0. The first-order chi connectivity index (χ1) is 13.5. The highest BCUT2D eigenvalue weighted by Crippen LogP contribution is 2.49. The van der Waals surface area contributed by atoms with Gasteiger partial charge in [-0.25, -0.2) is 19.3 Å². The molecule has 0 aromatic carbocycles. The van der Waals surface area contributed by atoms with E-state index in [1.807, 2.05) is 0 Å². The Morgan fingerprint density at radius 1 is 1.29 bits per heavy atom. The highest BCUT2D eigenvalue weighted by atomic mass is 35.5. The van der Waals surface area contributed by atoms with E-state index in [1.54, 1.807) is 12.3 Å². The van der Waals surface area contributed by atoms with Crippen LogP contribution in [0, 0.1) is 23.6 Å². The number of aliphatic carboxylic acids is 1. The SMILES string of the molecule is O=C(O)C1C(Nc2nc(-c3c[nH]c4ncc(Cl)cc34)ncc2F)[C@@H]2CC[C@H]1C2. The fourth-order valence-electron chi connectivity index (χ4n) is 4.77. The van der Waals surface area contributed by atoms with E-state index in [2.05, 4.69) is 25.3 Å². The lowest BCUT2D eigenvalue weighted by Crippen LogP contribution is -2.39. The number of rotatable bonds is 4. The fraction of sp³-hybridized carbons (Fsp3) is 0.368. The number of pyridine rings is 1. The van der Waals surface area contributed by atoms with E-state index in [4.69, 9.17) is 11.6 Å². The van der Waals surface area contributed by atoms with Crippen LogP contribution in [0.5, 0.6) is 0 Å². The van der Waals surface area contributed by atoms with Crippen LogP contribution in [0.4, 0.5) is 10.2 Å². The summed E-state index contributed by atoms with van der Waals surface area (Å²) < 4.78 is 14.4. The van der Waals surface area contributed by atoms with Gasteiger partial charge >= 0.3 is 5.97 Å². The van der Waals surface area contributed by atoms with Crippen molar-refractivity contribution < 1.29 is 14.3 Å². The second-order valence-corrected chi connectivity index (χ2v) is 7.95.